The highest BCUT2D eigenvalue weighted by atomic mass is 35.5. The fourth-order valence-electron chi connectivity index (χ4n) is 2.50. The second-order valence-electron chi connectivity index (χ2n) is 6.43. The van der Waals surface area contributed by atoms with Gasteiger partial charge >= 0.3 is 0 Å². The van der Waals surface area contributed by atoms with Gasteiger partial charge in [-0.1, -0.05) is 29.8 Å². The number of rotatable bonds is 5. The summed E-state index contributed by atoms with van der Waals surface area (Å²) in [5.74, 6) is 1.07. The number of aromatic nitrogens is 1. The SMILES string of the molecule is CN(C)c1ccc(C=Cc2oc(-c3ccc(N(C)C)cc3)nc2Cl)cc1. The molecular weight excluding hydrogens is 346 g/mol. The second kappa shape index (κ2) is 7.67. The molecule has 134 valence electrons. The summed E-state index contributed by atoms with van der Waals surface area (Å²) in [6, 6.07) is 16.2. The van der Waals surface area contributed by atoms with Crippen LogP contribution in [0.2, 0.25) is 5.15 Å². The molecule has 0 aliphatic rings. The standard InChI is InChI=1S/C21H22ClN3O/c1-24(2)17-10-5-15(6-11-17)7-14-19-20(22)23-21(26-19)16-8-12-18(13-9-16)25(3)4/h5-14H,1-4H3. The lowest BCUT2D eigenvalue weighted by Gasteiger charge is -2.11. The van der Waals surface area contributed by atoms with Crippen LogP contribution in [-0.4, -0.2) is 33.2 Å². The minimum Gasteiger partial charge on any atom is -0.435 e. The minimum atomic E-state index is 0.359. The van der Waals surface area contributed by atoms with Gasteiger partial charge in [0.15, 0.2) is 10.9 Å². The number of nitrogens with zero attached hydrogens (tertiary/aromatic N) is 3. The number of oxazole rings is 1. The van der Waals surface area contributed by atoms with Crippen LogP contribution in [0, 0.1) is 0 Å². The van der Waals surface area contributed by atoms with Crippen molar-refractivity contribution < 1.29 is 4.42 Å². The van der Waals surface area contributed by atoms with Crippen LogP contribution in [0.15, 0.2) is 52.9 Å². The van der Waals surface area contributed by atoms with E-state index in [-0.39, 0.29) is 0 Å². The molecule has 0 aliphatic heterocycles. The molecule has 1 heterocycles. The smallest absolute Gasteiger partial charge is 0.228 e. The predicted molar refractivity (Wildman–Crippen MR) is 111 cm³/mol. The number of hydrogen-bond donors (Lipinski definition) is 0. The maximum absolute atomic E-state index is 6.24. The number of halogens is 1. The summed E-state index contributed by atoms with van der Waals surface area (Å²) >= 11 is 6.24. The molecule has 0 radical (unpaired) electrons. The van der Waals surface area contributed by atoms with Crippen molar-refractivity contribution in [3.05, 3.63) is 65.0 Å². The fourth-order valence-corrected chi connectivity index (χ4v) is 2.68. The first-order valence-electron chi connectivity index (χ1n) is 8.33. The minimum absolute atomic E-state index is 0.359. The molecule has 0 saturated carbocycles. The van der Waals surface area contributed by atoms with E-state index < -0.39 is 0 Å². The summed E-state index contributed by atoms with van der Waals surface area (Å²) in [5.41, 5.74) is 4.24. The molecule has 0 fully saturated rings. The molecule has 26 heavy (non-hydrogen) atoms. The third-order valence-electron chi connectivity index (χ3n) is 4.08. The van der Waals surface area contributed by atoms with Crippen LogP contribution in [-0.2, 0) is 0 Å². The summed E-state index contributed by atoms with van der Waals surface area (Å²) in [4.78, 5) is 8.44. The first kappa shape index (κ1) is 18.1. The third-order valence-corrected chi connectivity index (χ3v) is 4.35. The van der Waals surface area contributed by atoms with E-state index >= 15 is 0 Å². The molecule has 2 aromatic carbocycles. The largest absolute Gasteiger partial charge is 0.435 e. The van der Waals surface area contributed by atoms with Gasteiger partial charge in [0.1, 0.15) is 0 Å². The first-order chi connectivity index (χ1) is 12.4. The maximum atomic E-state index is 6.24. The number of benzene rings is 2. The van der Waals surface area contributed by atoms with Crippen molar-refractivity contribution in [1.29, 1.82) is 0 Å². The normalized spacial score (nSPS) is 11.1. The fraction of sp³-hybridized carbons (Fsp3) is 0.190. The Morgan fingerprint density at radius 3 is 1.88 bits per heavy atom. The highest BCUT2D eigenvalue weighted by Gasteiger charge is 2.11. The van der Waals surface area contributed by atoms with Gasteiger partial charge in [0.05, 0.1) is 0 Å². The Morgan fingerprint density at radius 2 is 1.35 bits per heavy atom. The van der Waals surface area contributed by atoms with Gasteiger partial charge in [-0.05, 0) is 48.0 Å². The molecule has 0 amide bonds. The highest BCUT2D eigenvalue weighted by molar-refractivity contribution is 6.30. The zero-order valence-electron chi connectivity index (χ0n) is 15.4. The zero-order chi connectivity index (χ0) is 18.7. The van der Waals surface area contributed by atoms with Crippen LogP contribution in [0.3, 0.4) is 0 Å². The van der Waals surface area contributed by atoms with Crippen LogP contribution >= 0.6 is 11.6 Å². The van der Waals surface area contributed by atoms with Gasteiger partial charge in [0.25, 0.3) is 0 Å². The van der Waals surface area contributed by atoms with Crippen LogP contribution < -0.4 is 9.80 Å². The summed E-state index contributed by atoms with van der Waals surface area (Å²) in [5, 5.41) is 0.359. The zero-order valence-corrected chi connectivity index (χ0v) is 16.2. The second-order valence-corrected chi connectivity index (χ2v) is 6.79. The van der Waals surface area contributed by atoms with Gasteiger partial charge in [0.2, 0.25) is 5.89 Å². The van der Waals surface area contributed by atoms with E-state index in [2.05, 4.69) is 34.1 Å². The highest BCUT2D eigenvalue weighted by Crippen LogP contribution is 2.28. The Labute approximate surface area is 159 Å². The molecule has 0 spiro atoms. The predicted octanol–water partition coefficient (Wildman–Crippen LogP) is 5.30. The summed E-state index contributed by atoms with van der Waals surface area (Å²) in [6.45, 7) is 0. The van der Waals surface area contributed by atoms with Crippen LogP contribution in [0.5, 0.6) is 0 Å². The molecule has 5 heteroatoms. The molecular formula is C21H22ClN3O. The third kappa shape index (κ3) is 4.09. The van der Waals surface area contributed by atoms with Gasteiger partial charge in [0, 0.05) is 45.1 Å². The van der Waals surface area contributed by atoms with Crippen LogP contribution in [0.1, 0.15) is 11.3 Å². The van der Waals surface area contributed by atoms with E-state index in [0.29, 0.717) is 16.8 Å². The number of hydrogen-bond acceptors (Lipinski definition) is 4. The van der Waals surface area contributed by atoms with E-state index in [9.17, 15) is 0 Å². The molecule has 4 nitrogen and oxygen atoms in total. The average molecular weight is 368 g/mol. The summed E-state index contributed by atoms with van der Waals surface area (Å²) in [7, 11) is 8.05. The summed E-state index contributed by atoms with van der Waals surface area (Å²) < 4.78 is 5.83. The average Bonchev–Trinajstić information content (AvgIpc) is 3.01. The Hall–Kier alpha value is -2.72. The maximum Gasteiger partial charge on any atom is 0.228 e. The Morgan fingerprint density at radius 1 is 0.808 bits per heavy atom. The summed E-state index contributed by atoms with van der Waals surface area (Å²) in [6.07, 6.45) is 3.81. The monoisotopic (exact) mass is 367 g/mol. The quantitative estimate of drug-likeness (QED) is 0.612. The molecule has 0 unspecified atom stereocenters. The van der Waals surface area contributed by atoms with Crippen LogP contribution in [0.4, 0.5) is 11.4 Å². The Balaban J connectivity index is 1.79. The van der Waals surface area contributed by atoms with Crippen molar-refractivity contribution in [2.75, 3.05) is 38.0 Å². The van der Waals surface area contributed by atoms with Crippen molar-refractivity contribution in [3.63, 3.8) is 0 Å². The molecule has 0 saturated heterocycles. The van der Waals surface area contributed by atoms with E-state index in [4.69, 9.17) is 16.0 Å². The van der Waals surface area contributed by atoms with Crippen LogP contribution in [0.25, 0.3) is 23.6 Å². The van der Waals surface area contributed by atoms with E-state index in [1.54, 1.807) is 0 Å². The van der Waals surface area contributed by atoms with Crippen molar-refractivity contribution in [2.24, 2.45) is 0 Å². The molecule has 0 atom stereocenters. The van der Waals surface area contributed by atoms with Gasteiger partial charge in [-0.25, -0.2) is 0 Å². The first-order valence-corrected chi connectivity index (χ1v) is 8.71. The molecule has 0 aliphatic carbocycles. The van der Waals surface area contributed by atoms with Crippen molar-refractivity contribution in [2.45, 2.75) is 0 Å². The van der Waals surface area contributed by atoms with E-state index in [1.807, 2.05) is 69.5 Å². The van der Waals surface area contributed by atoms with Crippen molar-refractivity contribution in [1.82, 2.24) is 4.98 Å². The lowest BCUT2D eigenvalue weighted by atomic mass is 10.2. The van der Waals surface area contributed by atoms with Crippen molar-refractivity contribution in [3.8, 4) is 11.5 Å². The molecule has 3 aromatic rings. The Kier molecular flexibility index (Phi) is 5.33. The Bertz CT molecular complexity index is 894. The molecule has 3 rings (SSSR count). The van der Waals surface area contributed by atoms with E-state index in [0.717, 1.165) is 22.5 Å². The topological polar surface area (TPSA) is 32.5 Å². The van der Waals surface area contributed by atoms with Gasteiger partial charge in [-0.3, -0.25) is 0 Å². The number of anilines is 2. The lowest BCUT2D eigenvalue weighted by molar-refractivity contribution is 0.565. The van der Waals surface area contributed by atoms with Crippen molar-refractivity contribution >= 4 is 35.1 Å². The molecule has 0 bridgehead atoms. The molecule has 0 N–H and O–H groups in total. The van der Waals surface area contributed by atoms with Gasteiger partial charge in [-0.2, -0.15) is 4.98 Å². The van der Waals surface area contributed by atoms with E-state index in [1.165, 1.54) is 0 Å². The lowest BCUT2D eigenvalue weighted by Crippen LogP contribution is -2.07. The van der Waals surface area contributed by atoms with Gasteiger partial charge in [-0.15, -0.1) is 0 Å². The van der Waals surface area contributed by atoms with Gasteiger partial charge < -0.3 is 14.2 Å². The molecule has 1 aromatic heterocycles.